The molecule has 0 bridgehead atoms. The van der Waals surface area contributed by atoms with Gasteiger partial charge in [-0.3, -0.25) is 9.59 Å². The predicted molar refractivity (Wildman–Crippen MR) is 137 cm³/mol. The molecule has 2 atom stereocenters. The van der Waals surface area contributed by atoms with Gasteiger partial charge >= 0.3 is 5.91 Å². The fourth-order valence-electron chi connectivity index (χ4n) is 4.32. The molecule has 0 unspecified atom stereocenters. The molecule has 0 aliphatic carbocycles. The summed E-state index contributed by atoms with van der Waals surface area (Å²) in [6, 6.07) is 23.4. The second-order valence-corrected chi connectivity index (χ2v) is 8.31. The van der Waals surface area contributed by atoms with Gasteiger partial charge in [0.05, 0.1) is 7.11 Å². The molecule has 0 saturated carbocycles. The highest BCUT2D eigenvalue weighted by molar-refractivity contribution is 5.98. The zero-order valence-electron chi connectivity index (χ0n) is 20.3. The molecule has 1 saturated heterocycles. The maximum absolute atomic E-state index is 13.1. The number of methoxy groups -OCH3 is 1. The molecular weight excluding hydrogens is 440 g/mol. The Labute approximate surface area is 206 Å². The quantitative estimate of drug-likeness (QED) is 0.493. The molecule has 7 heteroatoms. The van der Waals surface area contributed by atoms with E-state index in [4.69, 9.17) is 4.74 Å². The Morgan fingerprint density at radius 3 is 2.26 bits per heavy atom. The van der Waals surface area contributed by atoms with Crippen molar-refractivity contribution in [2.45, 2.75) is 25.9 Å². The van der Waals surface area contributed by atoms with E-state index in [2.05, 4.69) is 41.6 Å². The standard InChI is InChI=1S/C28H30N4O3/c1-4-31(5-2)23-15-11-20(12-16-23)19-32-26(21-13-17-24(35-3)18-14-21)25(28(34)30-32)29-27(33)22-9-7-6-8-10-22/h6-19,25-26H,4-5H2,1-3H3,(H-,29,30,33,34)/p+1/t25-,26-/m0/s1. The normalized spacial score (nSPS) is 18.3. The first-order chi connectivity index (χ1) is 17.0. The van der Waals surface area contributed by atoms with E-state index in [9.17, 15) is 9.59 Å². The van der Waals surface area contributed by atoms with Gasteiger partial charge in [-0.05, 0) is 74.5 Å². The van der Waals surface area contributed by atoms with Crippen molar-refractivity contribution in [3.05, 3.63) is 95.6 Å². The van der Waals surface area contributed by atoms with Crippen LogP contribution in [-0.2, 0) is 4.79 Å². The van der Waals surface area contributed by atoms with Gasteiger partial charge in [0.1, 0.15) is 5.75 Å². The average molecular weight is 472 g/mol. The van der Waals surface area contributed by atoms with Crippen molar-refractivity contribution in [3.63, 3.8) is 0 Å². The number of carbonyl (C=O) groups excluding carboxylic acids is 2. The summed E-state index contributed by atoms with van der Waals surface area (Å²) in [5.74, 6) is 0.152. The maximum Gasteiger partial charge on any atom is 0.304 e. The van der Waals surface area contributed by atoms with Gasteiger partial charge in [-0.25, -0.2) is 0 Å². The second-order valence-electron chi connectivity index (χ2n) is 8.31. The third-order valence-electron chi connectivity index (χ3n) is 6.23. The number of nitrogens with one attached hydrogen (secondary N) is 2. The molecule has 4 rings (SSSR count). The molecule has 3 aromatic carbocycles. The van der Waals surface area contributed by atoms with Crippen molar-refractivity contribution < 1.29 is 19.0 Å². The van der Waals surface area contributed by atoms with Crippen molar-refractivity contribution in [2.24, 2.45) is 0 Å². The molecule has 35 heavy (non-hydrogen) atoms. The van der Waals surface area contributed by atoms with Crippen LogP contribution in [0, 0.1) is 0 Å². The summed E-state index contributed by atoms with van der Waals surface area (Å²) < 4.78 is 7.07. The van der Waals surface area contributed by atoms with Gasteiger partial charge in [-0.1, -0.05) is 18.2 Å². The molecule has 1 aliphatic heterocycles. The van der Waals surface area contributed by atoms with Crippen molar-refractivity contribution in [2.75, 3.05) is 25.1 Å². The highest BCUT2D eigenvalue weighted by Crippen LogP contribution is 2.27. The number of benzene rings is 3. The number of amides is 2. The number of ether oxygens (including phenoxy) is 1. The fraction of sp³-hybridized carbons (Fsp3) is 0.250. The van der Waals surface area contributed by atoms with E-state index in [0.717, 1.165) is 35.7 Å². The van der Waals surface area contributed by atoms with Crippen LogP contribution < -0.4 is 20.4 Å². The molecule has 0 aromatic heterocycles. The number of hydrogen-bond acceptors (Lipinski definition) is 4. The third kappa shape index (κ3) is 5.35. The largest absolute Gasteiger partial charge is 0.497 e. The van der Waals surface area contributed by atoms with Crippen LogP contribution in [0.2, 0.25) is 0 Å². The Morgan fingerprint density at radius 1 is 1.00 bits per heavy atom. The van der Waals surface area contributed by atoms with Crippen molar-refractivity contribution in [3.8, 4) is 5.75 Å². The van der Waals surface area contributed by atoms with E-state index in [1.807, 2.05) is 48.7 Å². The minimum Gasteiger partial charge on any atom is -0.497 e. The number of hydrogen-bond donors (Lipinski definition) is 2. The van der Waals surface area contributed by atoms with Crippen molar-refractivity contribution >= 4 is 23.7 Å². The van der Waals surface area contributed by atoms with Crippen LogP contribution in [0.5, 0.6) is 5.75 Å². The Morgan fingerprint density at radius 2 is 1.66 bits per heavy atom. The lowest BCUT2D eigenvalue weighted by molar-refractivity contribution is -0.596. The number of rotatable bonds is 8. The summed E-state index contributed by atoms with van der Waals surface area (Å²) in [6.45, 7) is 6.13. The zero-order chi connectivity index (χ0) is 24.8. The van der Waals surface area contributed by atoms with E-state index in [0.29, 0.717) is 5.56 Å². The second kappa shape index (κ2) is 10.9. The van der Waals surface area contributed by atoms with Crippen molar-refractivity contribution in [1.82, 2.24) is 10.7 Å². The molecule has 0 radical (unpaired) electrons. The van der Waals surface area contributed by atoms with E-state index >= 15 is 0 Å². The molecule has 1 heterocycles. The molecule has 1 fully saturated rings. The number of hydrazone groups is 1. The summed E-state index contributed by atoms with van der Waals surface area (Å²) in [7, 11) is 1.61. The van der Waals surface area contributed by atoms with Crippen LogP contribution in [0.15, 0.2) is 78.9 Å². The van der Waals surface area contributed by atoms with Gasteiger partial charge in [0.2, 0.25) is 12.3 Å². The minimum absolute atomic E-state index is 0.272. The number of anilines is 1. The van der Waals surface area contributed by atoms with Gasteiger partial charge in [0.25, 0.3) is 5.91 Å². The van der Waals surface area contributed by atoms with Crippen LogP contribution >= 0.6 is 0 Å². The summed E-state index contributed by atoms with van der Waals surface area (Å²) in [5, 5.41) is 2.93. The Balaban J connectivity index is 1.67. The topological polar surface area (TPSA) is 73.7 Å². The van der Waals surface area contributed by atoms with E-state index < -0.39 is 12.1 Å². The molecular formula is C28H31N4O3+. The van der Waals surface area contributed by atoms with Gasteiger partial charge in [0.15, 0.2) is 6.04 Å². The maximum atomic E-state index is 13.1. The third-order valence-corrected chi connectivity index (χ3v) is 6.23. The van der Waals surface area contributed by atoms with Crippen LogP contribution in [0.3, 0.4) is 0 Å². The molecule has 180 valence electrons. The molecule has 3 aromatic rings. The first-order valence-corrected chi connectivity index (χ1v) is 11.8. The SMILES string of the molecule is CCN(CC)c1ccc(/C=[N+]2\NC(=O)[C@@H](NC(=O)c3ccccc3)[C@@H]2c2ccc(OC)cc2)cc1. The Kier molecular flexibility index (Phi) is 7.45. The number of hydrazine groups is 1. The number of carbonyl (C=O) groups is 2. The van der Waals surface area contributed by atoms with Gasteiger partial charge in [-0.2, -0.15) is 0 Å². The smallest absolute Gasteiger partial charge is 0.304 e. The average Bonchev–Trinajstić information content (AvgIpc) is 3.20. The molecule has 2 N–H and O–H groups in total. The minimum atomic E-state index is -0.776. The van der Waals surface area contributed by atoms with Gasteiger partial charge in [0, 0.05) is 35.5 Å². The van der Waals surface area contributed by atoms with Crippen LogP contribution in [0.1, 0.15) is 41.4 Å². The van der Waals surface area contributed by atoms with Crippen LogP contribution in [-0.4, -0.2) is 49.0 Å². The van der Waals surface area contributed by atoms with Crippen LogP contribution in [0.4, 0.5) is 5.69 Å². The zero-order valence-corrected chi connectivity index (χ0v) is 20.3. The van der Waals surface area contributed by atoms with Gasteiger partial charge in [-0.15, -0.1) is 10.1 Å². The lowest BCUT2D eigenvalue weighted by Gasteiger charge is -2.20. The lowest BCUT2D eigenvalue weighted by Crippen LogP contribution is -2.42. The highest BCUT2D eigenvalue weighted by Gasteiger charge is 2.47. The predicted octanol–water partition coefficient (Wildman–Crippen LogP) is 3.56. The van der Waals surface area contributed by atoms with Crippen LogP contribution in [0.25, 0.3) is 0 Å². The number of nitrogens with zero attached hydrogens (tertiary/aromatic N) is 2. The van der Waals surface area contributed by atoms with E-state index in [-0.39, 0.29) is 11.8 Å². The summed E-state index contributed by atoms with van der Waals surface area (Å²) in [6.07, 6.45) is 1.90. The lowest BCUT2D eigenvalue weighted by atomic mass is 9.99. The summed E-state index contributed by atoms with van der Waals surface area (Å²) in [4.78, 5) is 28.2. The molecule has 2 amide bonds. The first-order valence-electron chi connectivity index (χ1n) is 11.8. The highest BCUT2D eigenvalue weighted by atomic mass is 16.5. The van der Waals surface area contributed by atoms with Gasteiger partial charge < -0.3 is 15.0 Å². The Bertz CT molecular complexity index is 1190. The monoisotopic (exact) mass is 471 g/mol. The Hall–Kier alpha value is -4.13. The molecule has 1 aliphatic rings. The molecule has 0 spiro atoms. The first kappa shape index (κ1) is 24.0. The van der Waals surface area contributed by atoms with E-state index in [1.165, 1.54) is 0 Å². The van der Waals surface area contributed by atoms with Crippen molar-refractivity contribution in [1.29, 1.82) is 0 Å². The summed E-state index contributed by atoms with van der Waals surface area (Å²) >= 11 is 0. The van der Waals surface area contributed by atoms with E-state index in [1.54, 1.807) is 36.1 Å². The fourth-order valence-corrected chi connectivity index (χ4v) is 4.32. The summed E-state index contributed by atoms with van der Waals surface area (Å²) in [5.41, 5.74) is 6.40. The molecule has 7 nitrogen and oxygen atoms in total.